The molecule has 5 heteroatoms. The summed E-state index contributed by atoms with van der Waals surface area (Å²) in [5.74, 6) is 0.951. The van der Waals surface area contributed by atoms with Crippen molar-refractivity contribution in [1.29, 1.82) is 0 Å². The van der Waals surface area contributed by atoms with Crippen LogP contribution in [0.25, 0.3) is 0 Å². The summed E-state index contributed by atoms with van der Waals surface area (Å²) in [6.45, 7) is 4.28. The normalized spacial score (nSPS) is 19.5. The second kappa shape index (κ2) is 7.22. The third-order valence-electron chi connectivity index (χ3n) is 2.76. The molecule has 0 amide bonds. The summed E-state index contributed by atoms with van der Waals surface area (Å²) in [7, 11) is 2.11. The number of aliphatic hydroxyl groups excluding tert-OH is 2. The van der Waals surface area contributed by atoms with Gasteiger partial charge in [-0.25, -0.2) is 0 Å². The van der Waals surface area contributed by atoms with Gasteiger partial charge in [-0.3, -0.25) is 0 Å². The van der Waals surface area contributed by atoms with Crippen LogP contribution in [0.5, 0.6) is 0 Å². The Bertz CT molecular complexity index is 166. The molecule has 4 nitrogen and oxygen atoms in total. The lowest BCUT2D eigenvalue weighted by Crippen LogP contribution is -2.40. The van der Waals surface area contributed by atoms with Crippen molar-refractivity contribution < 1.29 is 20.1 Å². The summed E-state index contributed by atoms with van der Waals surface area (Å²) >= 11 is 0. The predicted molar refractivity (Wildman–Crippen MR) is 61.7 cm³/mol. The average molecular weight is 218 g/mol. The summed E-state index contributed by atoms with van der Waals surface area (Å²) < 4.78 is 5.34. The zero-order valence-corrected chi connectivity index (χ0v) is 9.94. The van der Waals surface area contributed by atoms with E-state index in [0.717, 1.165) is 0 Å². The Hall–Kier alpha value is -0.0951. The van der Waals surface area contributed by atoms with E-state index in [1.165, 1.54) is 0 Å². The van der Waals surface area contributed by atoms with E-state index in [2.05, 4.69) is 21.7 Å². The van der Waals surface area contributed by atoms with Gasteiger partial charge in [-0.1, -0.05) is 19.7 Å². The molecule has 0 aliphatic carbocycles. The number of hydrogen-bond donors (Lipinski definition) is 3. The molecule has 0 fully saturated rings. The Morgan fingerprint density at radius 1 is 1.33 bits per heavy atom. The fourth-order valence-electron chi connectivity index (χ4n) is 1.03. The molecule has 0 aromatic heterocycles. The van der Waals surface area contributed by atoms with Crippen LogP contribution in [-0.2, 0) is 4.74 Å². The topological polar surface area (TPSA) is 69.9 Å². The highest BCUT2D eigenvalue weighted by Crippen LogP contribution is 2.15. The molecule has 0 aromatic carbocycles. The number of aliphatic hydroxyl groups is 3. The van der Waals surface area contributed by atoms with Crippen molar-refractivity contribution in [2.45, 2.75) is 31.7 Å². The van der Waals surface area contributed by atoms with Crippen molar-refractivity contribution in [3.63, 3.8) is 0 Å². The smallest absolute Gasteiger partial charge is 0.113 e. The summed E-state index contributed by atoms with van der Waals surface area (Å²) in [4.78, 5) is 0. The molecule has 0 rings (SSSR count). The monoisotopic (exact) mass is 218 g/mol. The van der Waals surface area contributed by atoms with Gasteiger partial charge in [-0.15, -0.1) is 0 Å². The molecule has 0 unspecified atom stereocenters. The molecule has 3 N–H and O–H groups in total. The molecule has 0 aliphatic heterocycles. The quantitative estimate of drug-likeness (QED) is 0.466. The van der Waals surface area contributed by atoms with Crippen molar-refractivity contribution >= 4 is 7.85 Å². The number of rotatable bonds is 8. The Morgan fingerprint density at radius 2 is 1.93 bits per heavy atom. The second-order valence-corrected chi connectivity index (χ2v) is 4.59. The maximum absolute atomic E-state index is 9.74. The Morgan fingerprint density at radius 3 is 2.33 bits per heavy atom. The van der Waals surface area contributed by atoms with Crippen LogP contribution in [0.15, 0.2) is 0 Å². The SMILES string of the molecule is B[C@H](C)[C@H](C)COC[C@@](O)(CO)CCO. The fourth-order valence-corrected chi connectivity index (χ4v) is 1.03. The molecular formula is C10H23BO4. The van der Waals surface area contributed by atoms with Crippen LogP contribution in [0, 0.1) is 5.92 Å². The summed E-state index contributed by atoms with van der Waals surface area (Å²) in [5, 5.41) is 27.4. The van der Waals surface area contributed by atoms with Crippen LogP contribution in [-0.4, -0.2) is 55.2 Å². The lowest BCUT2D eigenvalue weighted by molar-refractivity contribution is -0.0928. The van der Waals surface area contributed by atoms with Crippen molar-refractivity contribution in [2.24, 2.45) is 5.92 Å². The molecular weight excluding hydrogens is 195 g/mol. The molecule has 90 valence electrons. The fraction of sp³-hybridized carbons (Fsp3) is 1.00. The minimum Gasteiger partial charge on any atom is -0.396 e. The Labute approximate surface area is 92.7 Å². The highest BCUT2D eigenvalue weighted by molar-refractivity contribution is 6.11. The molecule has 0 bridgehead atoms. The van der Waals surface area contributed by atoms with Crippen LogP contribution in [0.1, 0.15) is 20.3 Å². The molecule has 0 aromatic rings. The van der Waals surface area contributed by atoms with Gasteiger partial charge in [0.1, 0.15) is 13.4 Å². The van der Waals surface area contributed by atoms with Gasteiger partial charge in [0, 0.05) is 19.6 Å². The second-order valence-electron chi connectivity index (χ2n) is 4.59. The van der Waals surface area contributed by atoms with Gasteiger partial charge in [0.25, 0.3) is 0 Å². The molecule has 3 atom stereocenters. The van der Waals surface area contributed by atoms with Crippen molar-refractivity contribution in [3.8, 4) is 0 Å². The highest BCUT2D eigenvalue weighted by Gasteiger charge is 2.26. The molecule has 0 radical (unpaired) electrons. The van der Waals surface area contributed by atoms with Gasteiger partial charge in [-0.2, -0.15) is 0 Å². The average Bonchev–Trinajstić information content (AvgIpc) is 2.18. The third-order valence-corrected chi connectivity index (χ3v) is 2.76. The van der Waals surface area contributed by atoms with Gasteiger partial charge < -0.3 is 20.1 Å². The van der Waals surface area contributed by atoms with E-state index < -0.39 is 5.60 Å². The van der Waals surface area contributed by atoms with Gasteiger partial charge >= 0.3 is 0 Å². The zero-order chi connectivity index (χ0) is 11.9. The molecule has 15 heavy (non-hydrogen) atoms. The number of hydrogen-bond acceptors (Lipinski definition) is 4. The predicted octanol–water partition coefficient (Wildman–Crippen LogP) is -0.814. The lowest BCUT2D eigenvalue weighted by atomic mass is 9.79. The third kappa shape index (κ3) is 6.15. The molecule has 0 heterocycles. The van der Waals surface area contributed by atoms with E-state index in [4.69, 9.17) is 14.9 Å². The van der Waals surface area contributed by atoms with Gasteiger partial charge in [0.2, 0.25) is 0 Å². The first kappa shape index (κ1) is 14.9. The van der Waals surface area contributed by atoms with Crippen molar-refractivity contribution in [2.75, 3.05) is 26.4 Å². The van der Waals surface area contributed by atoms with E-state index in [1.54, 1.807) is 0 Å². The first-order valence-electron chi connectivity index (χ1n) is 5.47. The van der Waals surface area contributed by atoms with E-state index in [0.29, 0.717) is 18.3 Å². The Kier molecular flexibility index (Phi) is 7.18. The highest BCUT2D eigenvalue weighted by atomic mass is 16.5. The van der Waals surface area contributed by atoms with Crippen LogP contribution < -0.4 is 0 Å². The summed E-state index contributed by atoms with van der Waals surface area (Å²) in [5.41, 5.74) is -1.30. The first-order chi connectivity index (χ1) is 6.95. The van der Waals surface area contributed by atoms with Crippen LogP contribution in [0.2, 0.25) is 5.82 Å². The van der Waals surface area contributed by atoms with Crippen LogP contribution >= 0.6 is 0 Å². The van der Waals surface area contributed by atoms with Gasteiger partial charge in [0.15, 0.2) is 0 Å². The first-order valence-corrected chi connectivity index (χ1v) is 5.47. The Balaban J connectivity index is 3.81. The molecule has 0 saturated carbocycles. The van der Waals surface area contributed by atoms with Crippen LogP contribution in [0.4, 0.5) is 0 Å². The van der Waals surface area contributed by atoms with Crippen molar-refractivity contribution in [3.05, 3.63) is 0 Å². The van der Waals surface area contributed by atoms with E-state index in [9.17, 15) is 5.11 Å². The van der Waals surface area contributed by atoms with E-state index in [-0.39, 0.29) is 26.2 Å². The maximum Gasteiger partial charge on any atom is 0.113 e. The molecule has 0 spiro atoms. The number of ether oxygens (including phenoxy) is 1. The maximum atomic E-state index is 9.74. The van der Waals surface area contributed by atoms with Gasteiger partial charge in [0.05, 0.1) is 13.2 Å². The van der Waals surface area contributed by atoms with Crippen molar-refractivity contribution in [1.82, 2.24) is 0 Å². The minimum absolute atomic E-state index is 0.0706. The standard InChI is InChI=1S/C10H23BO4/c1-8(9(2)11)5-15-7-10(14,6-13)3-4-12/h8-9,12-14H,3-7,11H2,1-2H3/t8-,9-,10+/m1/s1. The van der Waals surface area contributed by atoms with Crippen LogP contribution in [0.3, 0.4) is 0 Å². The molecule has 0 saturated heterocycles. The summed E-state index contributed by atoms with van der Waals surface area (Å²) in [6.07, 6.45) is 0.138. The largest absolute Gasteiger partial charge is 0.396 e. The molecule has 0 aliphatic rings. The van der Waals surface area contributed by atoms with Gasteiger partial charge in [-0.05, 0) is 5.92 Å². The van der Waals surface area contributed by atoms with E-state index >= 15 is 0 Å². The lowest BCUT2D eigenvalue weighted by Gasteiger charge is -2.26. The van der Waals surface area contributed by atoms with E-state index in [1.807, 2.05) is 0 Å². The minimum atomic E-state index is -1.30. The summed E-state index contributed by atoms with van der Waals surface area (Å²) in [6, 6.07) is 0. The zero-order valence-electron chi connectivity index (χ0n) is 9.94.